The number of fused-ring (bicyclic) bond motifs is 1. The van der Waals surface area contributed by atoms with E-state index in [4.69, 9.17) is 9.47 Å². The van der Waals surface area contributed by atoms with Gasteiger partial charge in [-0.25, -0.2) is 0 Å². The molecule has 0 saturated heterocycles. The number of methoxy groups -OCH3 is 1. The molecule has 0 aromatic heterocycles. The Labute approximate surface area is 109 Å². The van der Waals surface area contributed by atoms with E-state index >= 15 is 0 Å². The number of hydrogen-bond donors (Lipinski definition) is 0. The van der Waals surface area contributed by atoms with E-state index in [1.807, 2.05) is 0 Å². The molecule has 0 aliphatic heterocycles. The summed E-state index contributed by atoms with van der Waals surface area (Å²) < 4.78 is 48.1. The Balaban J connectivity index is 2.25. The predicted octanol–water partition coefficient (Wildman–Crippen LogP) is 2.92. The summed E-state index contributed by atoms with van der Waals surface area (Å²) in [6.07, 6.45) is 0. The molecule has 0 radical (unpaired) electrons. The van der Waals surface area contributed by atoms with E-state index in [2.05, 4.69) is 0 Å². The van der Waals surface area contributed by atoms with Gasteiger partial charge in [-0.2, -0.15) is 0 Å². The fourth-order valence-electron chi connectivity index (χ4n) is 1.78. The fraction of sp³-hybridized carbons (Fsp3) is 0.231. The Morgan fingerprint density at radius 1 is 0.947 bits per heavy atom. The molecule has 19 heavy (non-hydrogen) atoms. The Morgan fingerprint density at radius 3 is 2.32 bits per heavy atom. The van der Waals surface area contributed by atoms with Gasteiger partial charge < -0.3 is 22.4 Å². The minimum atomic E-state index is -4.96. The fourth-order valence-corrected chi connectivity index (χ4v) is 1.78. The second-order valence-electron chi connectivity index (χ2n) is 4.18. The third-order valence-electron chi connectivity index (χ3n) is 2.77. The Hall–Kier alpha value is -1.69. The first-order chi connectivity index (χ1) is 9.00. The van der Waals surface area contributed by atoms with Crippen LogP contribution < -0.4 is 10.2 Å². The van der Waals surface area contributed by atoms with Crippen LogP contribution in [0.4, 0.5) is 12.9 Å². The molecule has 2 aromatic carbocycles. The molecule has 0 unspecified atom stereocenters. The molecule has 0 heterocycles. The van der Waals surface area contributed by atoms with Crippen LogP contribution in [0, 0.1) is 0 Å². The van der Waals surface area contributed by atoms with Crippen LogP contribution in [0.2, 0.25) is 0 Å². The molecule has 0 aliphatic carbocycles. The molecular formula is C13H13BF3O2-. The molecule has 0 aliphatic rings. The average molecular weight is 269 g/mol. The maximum atomic E-state index is 12.6. The van der Waals surface area contributed by atoms with Crippen molar-refractivity contribution in [3.63, 3.8) is 0 Å². The zero-order valence-electron chi connectivity index (χ0n) is 10.4. The highest BCUT2D eigenvalue weighted by molar-refractivity contribution is 6.73. The molecule has 0 N–H and O–H groups in total. The van der Waals surface area contributed by atoms with E-state index in [-0.39, 0.29) is 0 Å². The summed E-state index contributed by atoms with van der Waals surface area (Å²) in [7, 11) is 1.57. The van der Waals surface area contributed by atoms with E-state index < -0.39 is 12.4 Å². The van der Waals surface area contributed by atoms with E-state index in [0.717, 1.165) is 17.5 Å². The summed E-state index contributed by atoms with van der Waals surface area (Å²) >= 11 is 0. The van der Waals surface area contributed by atoms with Crippen molar-refractivity contribution in [3.05, 3.63) is 36.4 Å². The van der Waals surface area contributed by atoms with Gasteiger partial charge in [-0.05, 0) is 22.9 Å². The lowest BCUT2D eigenvalue weighted by molar-refractivity contribution is 0.146. The van der Waals surface area contributed by atoms with Gasteiger partial charge in [0, 0.05) is 7.11 Å². The number of rotatable bonds is 5. The first-order valence-corrected chi connectivity index (χ1v) is 5.86. The molecule has 102 valence electrons. The van der Waals surface area contributed by atoms with Gasteiger partial charge in [0.25, 0.3) is 0 Å². The number of ether oxygens (including phenoxy) is 2. The standard InChI is InChI=1S/C13H13BF3O2/c1-18-6-7-19-13-5-3-10-8-12(14(15,16)17)4-2-11(10)9-13/h2-5,8-9H,6-7H2,1H3/q-1. The normalized spacial score (nSPS) is 11.8. The van der Waals surface area contributed by atoms with Crippen molar-refractivity contribution in [2.45, 2.75) is 0 Å². The Kier molecular flexibility index (Phi) is 4.00. The van der Waals surface area contributed by atoms with Crippen molar-refractivity contribution in [2.75, 3.05) is 20.3 Å². The summed E-state index contributed by atoms with van der Waals surface area (Å²) in [6, 6.07) is 8.73. The van der Waals surface area contributed by atoms with Gasteiger partial charge in [-0.15, -0.1) is 5.46 Å². The lowest BCUT2D eigenvalue weighted by Crippen LogP contribution is -2.33. The van der Waals surface area contributed by atoms with Crippen molar-refractivity contribution in [2.24, 2.45) is 0 Å². The second-order valence-corrected chi connectivity index (χ2v) is 4.18. The van der Waals surface area contributed by atoms with Gasteiger partial charge in [0.15, 0.2) is 0 Å². The summed E-state index contributed by atoms with van der Waals surface area (Å²) in [6.45, 7) is -4.08. The van der Waals surface area contributed by atoms with Crippen molar-refractivity contribution in [1.29, 1.82) is 0 Å². The molecule has 0 spiro atoms. The molecule has 0 saturated carbocycles. The molecule has 2 aromatic rings. The number of benzene rings is 2. The van der Waals surface area contributed by atoms with Crippen molar-refractivity contribution >= 4 is 23.2 Å². The highest BCUT2D eigenvalue weighted by Crippen LogP contribution is 2.21. The topological polar surface area (TPSA) is 18.5 Å². The van der Waals surface area contributed by atoms with Gasteiger partial charge in [0.1, 0.15) is 12.4 Å². The highest BCUT2D eigenvalue weighted by atomic mass is 19.4. The smallest absolute Gasteiger partial charge is 0.491 e. The Bertz CT molecular complexity index is 569. The third kappa shape index (κ3) is 3.41. The quantitative estimate of drug-likeness (QED) is 0.613. The van der Waals surface area contributed by atoms with Crippen LogP contribution in [0.3, 0.4) is 0 Å². The predicted molar refractivity (Wildman–Crippen MR) is 70.0 cm³/mol. The van der Waals surface area contributed by atoms with Crippen LogP contribution in [0.25, 0.3) is 10.8 Å². The summed E-state index contributed by atoms with van der Waals surface area (Å²) in [5, 5.41) is 1.27. The highest BCUT2D eigenvalue weighted by Gasteiger charge is 2.25. The van der Waals surface area contributed by atoms with Crippen LogP contribution in [-0.2, 0) is 4.74 Å². The van der Waals surface area contributed by atoms with E-state index in [0.29, 0.717) is 24.3 Å². The summed E-state index contributed by atoms with van der Waals surface area (Å²) in [5.41, 5.74) is -0.583. The monoisotopic (exact) mass is 269 g/mol. The first-order valence-electron chi connectivity index (χ1n) is 5.86. The summed E-state index contributed by atoms with van der Waals surface area (Å²) in [5.74, 6) is 0.620. The molecule has 2 rings (SSSR count). The second kappa shape index (κ2) is 5.53. The van der Waals surface area contributed by atoms with Gasteiger partial charge in [-0.1, -0.05) is 24.3 Å². The first kappa shape index (κ1) is 13.7. The van der Waals surface area contributed by atoms with Crippen molar-refractivity contribution in [3.8, 4) is 5.75 Å². The maximum absolute atomic E-state index is 12.6. The zero-order valence-corrected chi connectivity index (χ0v) is 10.4. The minimum Gasteiger partial charge on any atom is -0.491 e. The van der Waals surface area contributed by atoms with Gasteiger partial charge >= 0.3 is 6.98 Å². The van der Waals surface area contributed by atoms with E-state index in [9.17, 15) is 12.9 Å². The van der Waals surface area contributed by atoms with Gasteiger partial charge in [0.05, 0.1) is 6.61 Å². The molecule has 0 fully saturated rings. The average Bonchev–Trinajstić information content (AvgIpc) is 2.37. The lowest BCUT2D eigenvalue weighted by Gasteiger charge is -2.15. The van der Waals surface area contributed by atoms with Crippen molar-refractivity contribution < 1.29 is 22.4 Å². The number of halogens is 3. The van der Waals surface area contributed by atoms with E-state index in [1.165, 1.54) is 6.07 Å². The molecule has 0 amide bonds. The van der Waals surface area contributed by atoms with Crippen LogP contribution in [0.15, 0.2) is 36.4 Å². The van der Waals surface area contributed by atoms with Crippen LogP contribution in [0.5, 0.6) is 5.75 Å². The van der Waals surface area contributed by atoms with Gasteiger partial charge in [0.2, 0.25) is 0 Å². The SMILES string of the molecule is COCCOc1ccc2cc([B-](F)(F)F)ccc2c1. The third-order valence-corrected chi connectivity index (χ3v) is 2.77. The van der Waals surface area contributed by atoms with Crippen LogP contribution in [0.1, 0.15) is 0 Å². The molecule has 2 nitrogen and oxygen atoms in total. The Morgan fingerprint density at radius 2 is 1.63 bits per heavy atom. The zero-order chi connectivity index (χ0) is 13.9. The van der Waals surface area contributed by atoms with Crippen LogP contribution in [-0.4, -0.2) is 27.3 Å². The maximum Gasteiger partial charge on any atom is 0.509 e. The molecule has 6 heteroatoms. The van der Waals surface area contributed by atoms with Crippen LogP contribution >= 0.6 is 0 Å². The molecular weight excluding hydrogens is 256 g/mol. The molecule has 0 atom stereocenters. The van der Waals surface area contributed by atoms with E-state index in [1.54, 1.807) is 25.3 Å². The summed E-state index contributed by atoms with van der Waals surface area (Å²) in [4.78, 5) is 0. The van der Waals surface area contributed by atoms with Crippen molar-refractivity contribution in [1.82, 2.24) is 0 Å². The van der Waals surface area contributed by atoms with Gasteiger partial charge in [-0.3, -0.25) is 0 Å². The largest absolute Gasteiger partial charge is 0.509 e. The minimum absolute atomic E-state index is 0.408. The molecule has 0 bridgehead atoms. The lowest BCUT2D eigenvalue weighted by atomic mass is 9.79. The number of hydrogen-bond acceptors (Lipinski definition) is 2.